The summed E-state index contributed by atoms with van der Waals surface area (Å²) in [4.78, 5) is 9.38. The molecule has 0 fully saturated rings. The second-order valence-corrected chi connectivity index (χ2v) is 7.34. The lowest BCUT2D eigenvalue weighted by Gasteiger charge is -2.14. The van der Waals surface area contributed by atoms with E-state index in [1.165, 1.54) is 6.08 Å². The lowest BCUT2D eigenvalue weighted by Crippen LogP contribution is -2.04. The molecule has 2 aromatic heterocycles. The number of aryl methyl sites for hydroxylation is 3. The van der Waals surface area contributed by atoms with Crippen molar-refractivity contribution in [1.82, 2.24) is 14.5 Å². The molecule has 0 radical (unpaired) electrons. The molecule has 2 aromatic carbocycles. The number of allylic oxidation sites excluding steroid dienone is 1. The highest BCUT2D eigenvalue weighted by Crippen LogP contribution is 2.28. The summed E-state index contributed by atoms with van der Waals surface area (Å²) in [6.45, 7) is 6.08. The number of hydrogen-bond acceptors (Lipinski definition) is 5. The third-order valence-electron chi connectivity index (χ3n) is 5.11. The maximum absolute atomic E-state index is 8.98. The Labute approximate surface area is 180 Å². The Morgan fingerprint density at radius 3 is 2.32 bits per heavy atom. The van der Waals surface area contributed by atoms with Gasteiger partial charge in [0, 0.05) is 23.3 Å². The van der Waals surface area contributed by atoms with Gasteiger partial charge in [0.1, 0.15) is 5.65 Å². The number of nitriles is 2. The van der Waals surface area contributed by atoms with Crippen LogP contribution in [-0.4, -0.2) is 14.5 Å². The molecule has 0 unspecified atom stereocenters. The first-order chi connectivity index (χ1) is 15.0. The van der Waals surface area contributed by atoms with Crippen molar-refractivity contribution in [1.29, 1.82) is 10.5 Å². The highest BCUT2D eigenvalue weighted by molar-refractivity contribution is 5.82. The number of fused-ring (bicyclic) bond motifs is 1. The second-order valence-electron chi connectivity index (χ2n) is 7.34. The van der Waals surface area contributed by atoms with Crippen molar-refractivity contribution in [3.8, 4) is 17.8 Å². The van der Waals surface area contributed by atoms with Gasteiger partial charge in [0.05, 0.1) is 29.1 Å². The molecule has 6 heteroatoms. The Balaban J connectivity index is 1.79. The Hall–Kier alpha value is -4.42. The first-order valence-corrected chi connectivity index (χ1v) is 9.81. The van der Waals surface area contributed by atoms with Gasteiger partial charge in [-0.2, -0.15) is 15.5 Å². The van der Waals surface area contributed by atoms with Crippen molar-refractivity contribution in [3.05, 3.63) is 82.7 Å². The normalized spacial score (nSPS) is 10.9. The van der Waals surface area contributed by atoms with Crippen LogP contribution >= 0.6 is 0 Å². The molecule has 0 saturated carbocycles. The Morgan fingerprint density at radius 2 is 1.68 bits per heavy atom. The van der Waals surface area contributed by atoms with Gasteiger partial charge < -0.3 is 9.88 Å². The van der Waals surface area contributed by atoms with Crippen molar-refractivity contribution in [2.75, 3.05) is 5.32 Å². The number of rotatable bonds is 4. The van der Waals surface area contributed by atoms with Gasteiger partial charge in [-0.3, -0.25) is 0 Å². The van der Waals surface area contributed by atoms with E-state index >= 15 is 0 Å². The molecule has 0 aliphatic heterocycles. The molecular formula is C25H20N6. The van der Waals surface area contributed by atoms with E-state index in [9.17, 15) is 0 Å². The number of hydrogen-bond donors (Lipinski definition) is 1. The molecule has 4 rings (SSSR count). The minimum atomic E-state index is 0.499. The summed E-state index contributed by atoms with van der Waals surface area (Å²) >= 11 is 0. The van der Waals surface area contributed by atoms with E-state index in [-0.39, 0.29) is 0 Å². The van der Waals surface area contributed by atoms with Crippen molar-refractivity contribution in [2.24, 2.45) is 0 Å². The van der Waals surface area contributed by atoms with Crippen molar-refractivity contribution in [3.63, 3.8) is 0 Å². The van der Waals surface area contributed by atoms with Gasteiger partial charge >= 0.3 is 0 Å². The minimum absolute atomic E-state index is 0.499. The van der Waals surface area contributed by atoms with E-state index in [0.29, 0.717) is 11.5 Å². The molecule has 1 N–H and O–H groups in total. The zero-order chi connectivity index (χ0) is 22.0. The van der Waals surface area contributed by atoms with Crippen LogP contribution in [0.25, 0.3) is 22.8 Å². The topological polar surface area (TPSA) is 90.3 Å². The van der Waals surface area contributed by atoms with Crippen LogP contribution < -0.4 is 5.32 Å². The first kappa shape index (κ1) is 19.9. The number of aromatic nitrogens is 3. The summed E-state index contributed by atoms with van der Waals surface area (Å²) in [5.74, 6) is 0.499. The monoisotopic (exact) mass is 404 g/mol. The van der Waals surface area contributed by atoms with Crippen LogP contribution in [0.2, 0.25) is 0 Å². The van der Waals surface area contributed by atoms with Gasteiger partial charge in [0.15, 0.2) is 0 Å². The Bertz CT molecular complexity index is 1370. The zero-order valence-corrected chi connectivity index (χ0v) is 17.5. The summed E-state index contributed by atoms with van der Waals surface area (Å²) in [6, 6.07) is 17.5. The summed E-state index contributed by atoms with van der Waals surface area (Å²) in [5, 5.41) is 22.0. The van der Waals surface area contributed by atoms with Crippen LogP contribution in [0.1, 0.15) is 27.9 Å². The standard InChI is InChI=1S/C25H20N6/c1-16-13-20(5-4-11-26)14-17(2)23(16)31-12-10-22-18(3)28-25(30-24(22)31)29-21-8-6-19(15-27)7-9-21/h4-10,12-14H,1-3H3,(H,28,29,30). The predicted molar refractivity (Wildman–Crippen MR) is 122 cm³/mol. The Morgan fingerprint density at radius 1 is 0.968 bits per heavy atom. The predicted octanol–water partition coefficient (Wildman–Crippen LogP) is 5.50. The van der Waals surface area contributed by atoms with E-state index < -0.39 is 0 Å². The van der Waals surface area contributed by atoms with Crippen molar-refractivity contribution < 1.29 is 0 Å². The van der Waals surface area contributed by atoms with Gasteiger partial charge in [-0.25, -0.2) is 4.98 Å². The van der Waals surface area contributed by atoms with Crippen molar-refractivity contribution in [2.45, 2.75) is 20.8 Å². The second kappa shape index (κ2) is 8.14. The fourth-order valence-corrected chi connectivity index (χ4v) is 3.76. The lowest BCUT2D eigenvalue weighted by atomic mass is 10.0. The van der Waals surface area contributed by atoms with Crippen LogP contribution in [0.5, 0.6) is 0 Å². The van der Waals surface area contributed by atoms with E-state index in [1.54, 1.807) is 12.1 Å². The molecular weight excluding hydrogens is 384 g/mol. The molecule has 0 bridgehead atoms. The van der Waals surface area contributed by atoms with Crippen LogP contribution in [0.4, 0.5) is 11.6 Å². The number of benzene rings is 2. The minimum Gasteiger partial charge on any atom is -0.324 e. The molecule has 0 amide bonds. The quantitative estimate of drug-likeness (QED) is 0.454. The maximum Gasteiger partial charge on any atom is 0.229 e. The van der Waals surface area contributed by atoms with Crippen LogP contribution in [-0.2, 0) is 0 Å². The molecule has 2 heterocycles. The van der Waals surface area contributed by atoms with Gasteiger partial charge in [0.2, 0.25) is 5.95 Å². The molecule has 6 nitrogen and oxygen atoms in total. The largest absolute Gasteiger partial charge is 0.324 e. The highest BCUT2D eigenvalue weighted by Gasteiger charge is 2.14. The van der Waals surface area contributed by atoms with E-state index in [2.05, 4.69) is 46.9 Å². The highest BCUT2D eigenvalue weighted by atomic mass is 15.1. The summed E-state index contributed by atoms with van der Waals surface area (Å²) in [5.41, 5.74) is 7.35. The SMILES string of the molecule is Cc1cc(C=CC#N)cc(C)c1-n1ccc2c(C)nc(Nc3ccc(C#N)cc3)nc21. The molecule has 0 saturated heterocycles. The number of nitrogens with zero attached hydrogens (tertiary/aromatic N) is 5. The molecule has 0 aliphatic carbocycles. The van der Waals surface area contributed by atoms with E-state index in [4.69, 9.17) is 15.5 Å². The fourth-order valence-electron chi connectivity index (χ4n) is 3.76. The van der Waals surface area contributed by atoms with E-state index in [1.807, 2.05) is 43.5 Å². The average molecular weight is 404 g/mol. The van der Waals surface area contributed by atoms with Gasteiger partial charge in [0.25, 0.3) is 0 Å². The molecule has 0 spiro atoms. The maximum atomic E-state index is 8.98. The molecule has 4 aromatic rings. The first-order valence-electron chi connectivity index (χ1n) is 9.81. The summed E-state index contributed by atoms with van der Waals surface area (Å²) < 4.78 is 2.08. The lowest BCUT2D eigenvalue weighted by molar-refractivity contribution is 1.04. The Kier molecular flexibility index (Phi) is 5.22. The van der Waals surface area contributed by atoms with Gasteiger partial charge in [-0.1, -0.05) is 0 Å². The van der Waals surface area contributed by atoms with Gasteiger partial charge in [-0.05, 0) is 86.0 Å². The van der Waals surface area contributed by atoms with Crippen LogP contribution in [0.3, 0.4) is 0 Å². The molecule has 150 valence electrons. The number of nitrogens with one attached hydrogen (secondary N) is 1. The van der Waals surface area contributed by atoms with Crippen molar-refractivity contribution >= 4 is 28.7 Å². The molecule has 0 aliphatic rings. The van der Waals surface area contributed by atoms with Gasteiger partial charge in [-0.15, -0.1) is 0 Å². The zero-order valence-electron chi connectivity index (χ0n) is 17.5. The third-order valence-corrected chi connectivity index (χ3v) is 5.11. The molecule has 0 atom stereocenters. The third kappa shape index (κ3) is 3.88. The van der Waals surface area contributed by atoms with Crippen LogP contribution in [0.15, 0.2) is 54.7 Å². The summed E-state index contributed by atoms with van der Waals surface area (Å²) in [7, 11) is 0. The van der Waals surface area contributed by atoms with Crippen LogP contribution in [0, 0.1) is 43.4 Å². The fraction of sp³-hybridized carbons (Fsp3) is 0.120. The smallest absolute Gasteiger partial charge is 0.229 e. The number of anilines is 2. The van der Waals surface area contributed by atoms with E-state index in [0.717, 1.165) is 44.8 Å². The average Bonchev–Trinajstić information content (AvgIpc) is 3.16. The summed E-state index contributed by atoms with van der Waals surface area (Å²) in [6.07, 6.45) is 5.30. The molecule has 31 heavy (non-hydrogen) atoms.